The summed E-state index contributed by atoms with van der Waals surface area (Å²) in [5.74, 6) is -1.45. The van der Waals surface area contributed by atoms with Gasteiger partial charge in [0.25, 0.3) is 11.5 Å². The maximum absolute atomic E-state index is 12.0. The summed E-state index contributed by atoms with van der Waals surface area (Å²) in [7, 11) is 1.42. The van der Waals surface area contributed by atoms with Crippen LogP contribution in [0.1, 0.15) is 20.8 Å². The lowest BCUT2D eigenvalue weighted by molar-refractivity contribution is 0.0698. The molecule has 0 spiro atoms. The SMILES string of the molecule is COc1ccc(C(=O)O)c(NC(=O)c2c[nH]c(=O)cn2)c1. The molecule has 0 unspecified atom stereocenters. The Bertz CT molecular complexity index is 733. The Morgan fingerprint density at radius 1 is 1.38 bits per heavy atom. The second kappa shape index (κ2) is 5.87. The maximum atomic E-state index is 12.0. The molecule has 8 heteroatoms. The molecule has 0 saturated carbocycles. The number of hydrogen-bond acceptors (Lipinski definition) is 5. The van der Waals surface area contributed by atoms with E-state index in [4.69, 9.17) is 9.84 Å². The Morgan fingerprint density at radius 3 is 2.71 bits per heavy atom. The van der Waals surface area contributed by atoms with Gasteiger partial charge >= 0.3 is 5.97 Å². The molecule has 0 radical (unpaired) electrons. The highest BCUT2D eigenvalue weighted by atomic mass is 16.5. The summed E-state index contributed by atoms with van der Waals surface area (Å²) in [6, 6.07) is 4.17. The van der Waals surface area contributed by atoms with Crippen LogP contribution in [0.15, 0.2) is 35.4 Å². The number of benzene rings is 1. The monoisotopic (exact) mass is 289 g/mol. The van der Waals surface area contributed by atoms with Crippen LogP contribution in [0, 0.1) is 0 Å². The van der Waals surface area contributed by atoms with Crippen molar-refractivity contribution in [2.75, 3.05) is 12.4 Å². The minimum absolute atomic E-state index is 0.0474. The lowest BCUT2D eigenvalue weighted by Crippen LogP contribution is -2.18. The average Bonchev–Trinajstić information content (AvgIpc) is 2.47. The first-order valence-electron chi connectivity index (χ1n) is 5.78. The number of aromatic amines is 1. The number of carboxylic acids is 1. The van der Waals surface area contributed by atoms with Crippen molar-refractivity contribution in [3.63, 3.8) is 0 Å². The van der Waals surface area contributed by atoms with Gasteiger partial charge in [-0.2, -0.15) is 0 Å². The number of hydrogen-bond donors (Lipinski definition) is 3. The Balaban J connectivity index is 2.33. The average molecular weight is 289 g/mol. The number of rotatable bonds is 4. The molecule has 0 bridgehead atoms. The van der Waals surface area contributed by atoms with E-state index in [9.17, 15) is 14.4 Å². The van der Waals surface area contributed by atoms with E-state index in [1.807, 2.05) is 0 Å². The van der Waals surface area contributed by atoms with Crippen molar-refractivity contribution in [2.45, 2.75) is 0 Å². The molecule has 1 aromatic carbocycles. The van der Waals surface area contributed by atoms with Gasteiger partial charge in [-0.05, 0) is 12.1 Å². The zero-order chi connectivity index (χ0) is 15.4. The summed E-state index contributed by atoms with van der Waals surface area (Å²) in [6.45, 7) is 0. The van der Waals surface area contributed by atoms with Crippen molar-refractivity contribution in [2.24, 2.45) is 0 Å². The van der Waals surface area contributed by atoms with E-state index in [1.165, 1.54) is 25.3 Å². The van der Waals surface area contributed by atoms with Gasteiger partial charge in [-0.15, -0.1) is 0 Å². The highest BCUT2D eigenvalue weighted by Gasteiger charge is 2.15. The molecule has 2 rings (SSSR count). The molecule has 1 aromatic heterocycles. The van der Waals surface area contributed by atoms with E-state index in [0.29, 0.717) is 5.75 Å². The molecule has 3 N–H and O–H groups in total. The second-order valence-electron chi connectivity index (χ2n) is 3.97. The van der Waals surface area contributed by atoms with Gasteiger partial charge in [-0.3, -0.25) is 9.59 Å². The van der Waals surface area contributed by atoms with Gasteiger partial charge in [0.2, 0.25) is 0 Å². The number of ether oxygens (including phenoxy) is 1. The standard InChI is InChI=1S/C13H11N3O5/c1-21-7-2-3-8(13(19)20)9(4-7)16-12(18)10-5-15-11(17)6-14-10/h2-6H,1H3,(H,15,17)(H,16,18)(H,19,20). The topological polar surface area (TPSA) is 121 Å². The number of anilines is 1. The predicted octanol–water partition coefficient (Wildman–Crippen LogP) is 0.729. The third-order valence-corrected chi connectivity index (χ3v) is 2.61. The summed E-state index contributed by atoms with van der Waals surface area (Å²) < 4.78 is 4.99. The number of methoxy groups -OCH3 is 1. The summed E-state index contributed by atoms with van der Waals surface area (Å²) in [5.41, 5.74) is -0.513. The van der Waals surface area contributed by atoms with Crippen LogP contribution in [0.4, 0.5) is 5.69 Å². The normalized spacial score (nSPS) is 9.95. The van der Waals surface area contributed by atoms with Gasteiger partial charge < -0.3 is 20.1 Å². The molecule has 0 aliphatic heterocycles. The van der Waals surface area contributed by atoms with Gasteiger partial charge in [0.15, 0.2) is 0 Å². The molecule has 0 atom stereocenters. The highest BCUT2D eigenvalue weighted by molar-refractivity contribution is 6.06. The van der Waals surface area contributed by atoms with Crippen molar-refractivity contribution in [3.8, 4) is 5.75 Å². The van der Waals surface area contributed by atoms with E-state index in [2.05, 4.69) is 15.3 Å². The van der Waals surface area contributed by atoms with Crippen molar-refractivity contribution < 1.29 is 19.4 Å². The van der Waals surface area contributed by atoms with Crippen molar-refractivity contribution in [1.82, 2.24) is 9.97 Å². The molecule has 0 aliphatic rings. The lowest BCUT2D eigenvalue weighted by atomic mass is 10.1. The smallest absolute Gasteiger partial charge is 0.337 e. The summed E-state index contributed by atoms with van der Waals surface area (Å²) >= 11 is 0. The van der Waals surface area contributed by atoms with Crippen LogP contribution in [0.2, 0.25) is 0 Å². The summed E-state index contributed by atoms with van der Waals surface area (Å²) in [5, 5.41) is 11.5. The van der Waals surface area contributed by atoms with Gasteiger partial charge in [0, 0.05) is 12.3 Å². The van der Waals surface area contributed by atoms with Crippen molar-refractivity contribution in [3.05, 3.63) is 52.2 Å². The van der Waals surface area contributed by atoms with Crippen molar-refractivity contribution in [1.29, 1.82) is 0 Å². The van der Waals surface area contributed by atoms with Gasteiger partial charge in [0.1, 0.15) is 11.4 Å². The number of aromatic carboxylic acids is 1. The van der Waals surface area contributed by atoms with E-state index in [0.717, 1.165) is 12.4 Å². The largest absolute Gasteiger partial charge is 0.497 e. The number of H-pyrrole nitrogens is 1. The van der Waals surface area contributed by atoms with E-state index < -0.39 is 17.4 Å². The predicted molar refractivity (Wildman–Crippen MR) is 72.8 cm³/mol. The number of carbonyl (C=O) groups excluding carboxylic acids is 1. The summed E-state index contributed by atoms with van der Waals surface area (Å²) in [4.78, 5) is 39.9. The van der Waals surface area contributed by atoms with Crippen LogP contribution in [0.5, 0.6) is 5.75 Å². The first-order chi connectivity index (χ1) is 10.0. The Morgan fingerprint density at radius 2 is 2.14 bits per heavy atom. The van der Waals surface area contributed by atoms with Crippen molar-refractivity contribution >= 4 is 17.6 Å². The minimum atomic E-state index is -1.19. The van der Waals surface area contributed by atoms with Gasteiger partial charge in [-0.1, -0.05) is 0 Å². The fourth-order valence-corrected chi connectivity index (χ4v) is 1.59. The molecule has 1 amide bonds. The number of nitrogens with one attached hydrogen (secondary N) is 2. The van der Waals surface area contributed by atoms with E-state index >= 15 is 0 Å². The van der Waals surface area contributed by atoms with Crippen LogP contribution in [0.3, 0.4) is 0 Å². The van der Waals surface area contributed by atoms with Crippen LogP contribution in [-0.2, 0) is 0 Å². The Kier molecular flexibility index (Phi) is 3.98. The molecule has 108 valence electrons. The molecule has 21 heavy (non-hydrogen) atoms. The number of nitrogens with zero attached hydrogens (tertiary/aromatic N) is 1. The Hall–Kier alpha value is -3.16. The molecule has 8 nitrogen and oxygen atoms in total. The fraction of sp³-hybridized carbons (Fsp3) is 0.0769. The zero-order valence-corrected chi connectivity index (χ0v) is 10.9. The molecule has 2 aromatic rings. The van der Waals surface area contributed by atoms with E-state index in [-0.39, 0.29) is 16.9 Å². The molecular formula is C13H11N3O5. The molecule has 0 saturated heterocycles. The van der Waals surface area contributed by atoms with Crippen LogP contribution in [0.25, 0.3) is 0 Å². The third-order valence-electron chi connectivity index (χ3n) is 2.61. The van der Waals surface area contributed by atoms with Gasteiger partial charge in [0.05, 0.1) is 24.6 Å². The highest BCUT2D eigenvalue weighted by Crippen LogP contribution is 2.23. The fourth-order valence-electron chi connectivity index (χ4n) is 1.59. The quantitative estimate of drug-likeness (QED) is 0.762. The van der Waals surface area contributed by atoms with Crippen LogP contribution in [-0.4, -0.2) is 34.1 Å². The molecule has 1 heterocycles. The molecule has 0 fully saturated rings. The zero-order valence-electron chi connectivity index (χ0n) is 10.9. The lowest BCUT2D eigenvalue weighted by Gasteiger charge is -2.09. The number of carbonyl (C=O) groups is 2. The Labute approximate surface area is 118 Å². The molecular weight excluding hydrogens is 278 g/mol. The summed E-state index contributed by atoms with van der Waals surface area (Å²) in [6.07, 6.45) is 2.09. The van der Waals surface area contributed by atoms with Crippen LogP contribution >= 0.6 is 0 Å². The number of carboxylic acid groups (broad SMARTS) is 1. The molecule has 0 aliphatic carbocycles. The third kappa shape index (κ3) is 3.24. The minimum Gasteiger partial charge on any atom is -0.497 e. The first-order valence-corrected chi connectivity index (χ1v) is 5.78. The second-order valence-corrected chi connectivity index (χ2v) is 3.97. The number of amides is 1. The van der Waals surface area contributed by atoms with E-state index in [1.54, 1.807) is 0 Å². The van der Waals surface area contributed by atoms with Crippen LogP contribution < -0.4 is 15.6 Å². The first kappa shape index (κ1) is 14.3. The maximum Gasteiger partial charge on any atom is 0.337 e. The van der Waals surface area contributed by atoms with Gasteiger partial charge in [-0.25, -0.2) is 9.78 Å². The number of aromatic nitrogens is 2.